The Bertz CT molecular complexity index is 729. The van der Waals surface area contributed by atoms with Gasteiger partial charge in [0.15, 0.2) is 0 Å². The van der Waals surface area contributed by atoms with E-state index in [1.54, 1.807) is 0 Å². The monoisotopic (exact) mass is 257 g/mol. The van der Waals surface area contributed by atoms with E-state index >= 15 is 0 Å². The standard InChI is InChI=1S/C14H15N3O2/c15-12-9-5-4-8(7-2-1-3-7)6-10(9)17-14(19)11(12)13(16)18/h4-7H,1-3H2,(H2,16,18)(H3,15,17,19). The van der Waals surface area contributed by atoms with E-state index in [9.17, 15) is 9.59 Å². The molecule has 0 saturated heterocycles. The van der Waals surface area contributed by atoms with E-state index in [2.05, 4.69) is 4.98 Å². The molecule has 0 bridgehead atoms. The molecule has 1 amide bonds. The predicted molar refractivity (Wildman–Crippen MR) is 74.1 cm³/mol. The third kappa shape index (κ3) is 1.78. The number of nitrogens with one attached hydrogen (secondary N) is 1. The van der Waals surface area contributed by atoms with Crippen molar-refractivity contribution < 1.29 is 4.79 Å². The number of aromatic amines is 1. The maximum atomic E-state index is 11.8. The summed E-state index contributed by atoms with van der Waals surface area (Å²) < 4.78 is 0. The Morgan fingerprint density at radius 2 is 2.05 bits per heavy atom. The zero-order valence-electron chi connectivity index (χ0n) is 10.4. The van der Waals surface area contributed by atoms with E-state index in [1.807, 2.05) is 18.2 Å². The molecule has 0 aliphatic heterocycles. The number of aromatic nitrogens is 1. The third-order valence-corrected chi connectivity index (χ3v) is 3.90. The van der Waals surface area contributed by atoms with Gasteiger partial charge in [0.1, 0.15) is 5.56 Å². The molecule has 1 fully saturated rings. The summed E-state index contributed by atoms with van der Waals surface area (Å²) in [6.45, 7) is 0. The molecule has 2 aromatic rings. The highest BCUT2D eigenvalue weighted by Crippen LogP contribution is 2.37. The zero-order valence-corrected chi connectivity index (χ0v) is 10.4. The first-order valence-corrected chi connectivity index (χ1v) is 6.33. The van der Waals surface area contributed by atoms with Gasteiger partial charge in [-0.3, -0.25) is 9.59 Å². The third-order valence-electron chi connectivity index (χ3n) is 3.90. The Labute approximate surface area is 109 Å². The number of rotatable bonds is 2. The van der Waals surface area contributed by atoms with Gasteiger partial charge in [-0.1, -0.05) is 18.6 Å². The first kappa shape index (κ1) is 11.8. The van der Waals surface area contributed by atoms with Crippen molar-refractivity contribution in [2.45, 2.75) is 25.2 Å². The van der Waals surface area contributed by atoms with Gasteiger partial charge in [0.25, 0.3) is 11.5 Å². The zero-order chi connectivity index (χ0) is 13.6. The molecule has 1 aromatic carbocycles. The predicted octanol–water partition coefficient (Wildman–Crippen LogP) is 1.48. The number of amides is 1. The number of anilines is 1. The summed E-state index contributed by atoms with van der Waals surface area (Å²) >= 11 is 0. The van der Waals surface area contributed by atoms with Crippen molar-refractivity contribution in [1.29, 1.82) is 0 Å². The summed E-state index contributed by atoms with van der Waals surface area (Å²) in [7, 11) is 0. The average molecular weight is 257 g/mol. The van der Waals surface area contributed by atoms with E-state index in [0.717, 1.165) is 0 Å². The van der Waals surface area contributed by atoms with Crippen molar-refractivity contribution in [2.24, 2.45) is 5.73 Å². The van der Waals surface area contributed by atoms with Crippen LogP contribution in [0.2, 0.25) is 0 Å². The van der Waals surface area contributed by atoms with Crippen LogP contribution in [0.25, 0.3) is 10.9 Å². The molecular weight excluding hydrogens is 242 g/mol. The fraction of sp³-hybridized carbons (Fsp3) is 0.286. The van der Waals surface area contributed by atoms with Crippen LogP contribution in [0.3, 0.4) is 0 Å². The Hall–Kier alpha value is -2.30. The van der Waals surface area contributed by atoms with E-state index < -0.39 is 11.5 Å². The summed E-state index contributed by atoms with van der Waals surface area (Å²) in [4.78, 5) is 25.8. The van der Waals surface area contributed by atoms with Crippen molar-refractivity contribution >= 4 is 22.5 Å². The number of nitrogen functional groups attached to an aromatic ring is 1. The Balaban J connectivity index is 2.23. The maximum absolute atomic E-state index is 11.8. The summed E-state index contributed by atoms with van der Waals surface area (Å²) in [5.74, 6) is -0.228. The van der Waals surface area contributed by atoms with Crippen LogP contribution in [0.1, 0.15) is 41.1 Å². The van der Waals surface area contributed by atoms with E-state index in [0.29, 0.717) is 16.8 Å². The smallest absolute Gasteiger partial charge is 0.263 e. The summed E-state index contributed by atoms with van der Waals surface area (Å²) in [6, 6.07) is 5.80. The highest BCUT2D eigenvalue weighted by Gasteiger charge is 2.21. The molecule has 0 unspecified atom stereocenters. The van der Waals surface area contributed by atoms with Crippen LogP contribution in [-0.4, -0.2) is 10.9 Å². The molecule has 3 rings (SSSR count). The minimum Gasteiger partial charge on any atom is -0.397 e. The number of hydrogen-bond donors (Lipinski definition) is 3. The molecule has 0 radical (unpaired) electrons. The molecule has 98 valence electrons. The van der Waals surface area contributed by atoms with E-state index in [1.165, 1.54) is 24.8 Å². The molecule has 1 aliphatic carbocycles. The molecule has 0 spiro atoms. The van der Waals surface area contributed by atoms with Gasteiger partial charge < -0.3 is 16.5 Å². The van der Waals surface area contributed by atoms with Crippen LogP contribution in [0.5, 0.6) is 0 Å². The minimum absolute atomic E-state index is 0.159. The molecule has 0 atom stereocenters. The molecule has 1 saturated carbocycles. The number of nitrogens with two attached hydrogens (primary N) is 2. The number of primary amides is 1. The molecule has 19 heavy (non-hydrogen) atoms. The van der Waals surface area contributed by atoms with Gasteiger partial charge in [-0.2, -0.15) is 0 Å². The van der Waals surface area contributed by atoms with Crippen LogP contribution in [0.4, 0.5) is 5.69 Å². The SMILES string of the molecule is NC(=O)c1c(N)c2ccc(C3CCC3)cc2[nH]c1=O. The Morgan fingerprint density at radius 1 is 1.32 bits per heavy atom. The highest BCUT2D eigenvalue weighted by atomic mass is 16.2. The van der Waals surface area contributed by atoms with Crippen molar-refractivity contribution in [3.8, 4) is 0 Å². The number of pyridine rings is 1. The van der Waals surface area contributed by atoms with E-state index in [4.69, 9.17) is 11.5 Å². The number of carbonyl (C=O) groups is 1. The first-order chi connectivity index (χ1) is 9.08. The van der Waals surface area contributed by atoms with Gasteiger partial charge in [-0.15, -0.1) is 0 Å². The minimum atomic E-state index is -0.802. The van der Waals surface area contributed by atoms with E-state index in [-0.39, 0.29) is 11.3 Å². The van der Waals surface area contributed by atoms with Gasteiger partial charge in [0.2, 0.25) is 0 Å². The molecule has 5 heteroatoms. The summed E-state index contributed by atoms with van der Waals surface area (Å²) in [5.41, 5.74) is 12.4. The normalized spacial score (nSPS) is 15.4. The fourth-order valence-corrected chi connectivity index (χ4v) is 2.58. The van der Waals surface area contributed by atoms with Crippen molar-refractivity contribution in [1.82, 2.24) is 4.98 Å². The summed E-state index contributed by atoms with van der Waals surface area (Å²) in [5, 5.41) is 0.663. The number of H-pyrrole nitrogens is 1. The lowest BCUT2D eigenvalue weighted by Crippen LogP contribution is -2.25. The average Bonchev–Trinajstić information content (AvgIpc) is 2.25. The largest absolute Gasteiger partial charge is 0.397 e. The van der Waals surface area contributed by atoms with Crippen LogP contribution < -0.4 is 17.0 Å². The number of fused-ring (bicyclic) bond motifs is 1. The molecule has 5 nitrogen and oxygen atoms in total. The quantitative estimate of drug-likeness (QED) is 0.759. The van der Waals surface area contributed by atoms with Crippen LogP contribution in [0, 0.1) is 0 Å². The first-order valence-electron chi connectivity index (χ1n) is 6.33. The van der Waals surface area contributed by atoms with Gasteiger partial charge in [-0.05, 0) is 30.4 Å². The lowest BCUT2D eigenvalue weighted by atomic mass is 9.80. The maximum Gasteiger partial charge on any atom is 0.263 e. The topological polar surface area (TPSA) is 102 Å². The van der Waals surface area contributed by atoms with Crippen LogP contribution in [-0.2, 0) is 0 Å². The molecular formula is C14H15N3O2. The second-order valence-corrected chi connectivity index (χ2v) is 5.04. The lowest BCUT2D eigenvalue weighted by molar-refractivity contribution is 0.1000. The molecule has 1 heterocycles. The number of hydrogen-bond acceptors (Lipinski definition) is 3. The second kappa shape index (κ2) is 4.12. The number of benzene rings is 1. The Kier molecular flexibility index (Phi) is 2.55. The molecule has 1 aliphatic rings. The fourth-order valence-electron chi connectivity index (χ4n) is 2.58. The van der Waals surface area contributed by atoms with Gasteiger partial charge in [0, 0.05) is 5.39 Å². The second-order valence-electron chi connectivity index (χ2n) is 5.04. The highest BCUT2D eigenvalue weighted by molar-refractivity contribution is 6.05. The van der Waals surface area contributed by atoms with Gasteiger partial charge >= 0.3 is 0 Å². The van der Waals surface area contributed by atoms with Crippen molar-refractivity contribution in [3.05, 3.63) is 39.7 Å². The van der Waals surface area contributed by atoms with Gasteiger partial charge in [0.05, 0.1) is 11.2 Å². The van der Waals surface area contributed by atoms with Crippen LogP contribution >= 0.6 is 0 Å². The van der Waals surface area contributed by atoms with Crippen LogP contribution in [0.15, 0.2) is 23.0 Å². The summed E-state index contributed by atoms with van der Waals surface area (Å²) in [6.07, 6.45) is 3.62. The van der Waals surface area contributed by atoms with Crippen molar-refractivity contribution in [2.75, 3.05) is 5.73 Å². The lowest BCUT2D eigenvalue weighted by Gasteiger charge is -2.26. The Morgan fingerprint density at radius 3 is 2.63 bits per heavy atom. The molecule has 1 aromatic heterocycles. The number of carbonyl (C=O) groups excluding carboxylic acids is 1. The molecule has 5 N–H and O–H groups in total. The van der Waals surface area contributed by atoms with Gasteiger partial charge in [-0.25, -0.2) is 0 Å². The van der Waals surface area contributed by atoms with Crippen molar-refractivity contribution in [3.63, 3.8) is 0 Å².